The van der Waals surface area contributed by atoms with Crippen molar-refractivity contribution in [3.8, 4) is 5.82 Å². The lowest BCUT2D eigenvalue weighted by molar-refractivity contribution is -0.116. The van der Waals surface area contributed by atoms with Gasteiger partial charge in [-0.3, -0.25) is 4.79 Å². The van der Waals surface area contributed by atoms with Gasteiger partial charge in [0.05, 0.1) is 11.9 Å². The average molecular weight is 272 g/mol. The quantitative estimate of drug-likeness (QED) is 0.851. The highest BCUT2D eigenvalue weighted by atomic mass is 16.1. The molecule has 1 aliphatic heterocycles. The second-order valence-corrected chi connectivity index (χ2v) is 4.86. The van der Waals surface area contributed by atoms with Crippen molar-refractivity contribution < 1.29 is 4.79 Å². The van der Waals surface area contributed by atoms with Crippen LogP contribution in [-0.4, -0.2) is 38.7 Å². The molecule has 1 saturated heterocycles. The summed E-state index contributed by atoms with van der Waals surface area (Å²) in [6, 6.07) is 3.61. The van der Waals surface area contributed by atoms with Gasteiger partial charge in [0.1, 0.15) is 12.7 Å². The Morgan fingerprint density at radius 1 is 1.50 bits per heavy atom. The Labute approximate surface area is 116 Å². The molecule has 1 aliphatic rings. The Balaban J connectivity index is 1.59. The SMILES string of the molecule is O=C(CC1CCNC1)Nc1ccc(-n2cncn2)nc1. The summed E-state index contributed by atoms with van der Waals surface area (Å²) in [5.41, 5.74) is 0.699. The van der Waals surface area contributed by atoms with E-state index in [9.17, 15) is 4.79 Å². The summed E-state index contributed by atoms with van der Waals surface area (Å²) in [6.07, 6.45) is 6.28. The molecule has 1 amide bonds. The summed E-state index contributed by atoms with van der Waals surface area (Å²) in [6.45, 7) is 1.93. The number of carbonyl (C=O) groups is 1. The van der Waals surface area contributed by atoms with E-state index < -0.39 is 0 Å². The van der Waals surface area contributed by atoms with Crippen LogP contribution in [0.15, 0.2) is 31.0 Å². The monoisotopic (exact) mass is 272 g/mol. The summed E-state index contributed by atoms with van der Waals surface area (Å²) in [5.74, 6) is 1.15. The minimum absolute atomic E-state index is 0.0361. The zero-order valence-electron chi connectivity index (χ0n) is 11.0. The largest absolute Gasteiger partial charge is 0.325 e. The van der Waals surface area contributed by atoms with Gasteiger partial charge in [-0.15, -0.1) is 0 Å². The normalized spacial score (nSPS) is 18.1. The number of anilines is 1. The zero-order valence-corrected chi connectivity index (χ0v) is 11.0. The third-order valence-corrected chi connectivity index (χ3v) is 3.32. The number of amides is 1. The van der Waals surface area contributed by atoms with Crippen LogP contribution in [0.4, 0.5) is 5.69 Å². The summed E-state index contributed by atoms with van der Waals surface area (Å²) >= 11 is 0. The van der Waals surface area contributed by atoms with Crippen molar-refractivity contribution in [2.24, 2.45) is 5.92 Å². The highest BCUT2D eigenvalue weighted by Gasteiger charge is 2.18. The number of aromatic nitrogens is 4. The molecule has 7 heteroatoms. The second kappa shape index (κ2) is 5.79. The Morgan fingerprint density at radius 2 is 2.45 bits per heavy atom. The fourth-order valence-electron chi connectivity index (χ4n) is 2.28. The number of nitrogens with zero attached hydrogens (tertiary/aromatic N) is 4. The van der Waals surface area contributed by atoms with E-state index in [0.29, 0.717) is 23.8 Å². The molecule has 2 N–H and O–H groups in total. The maximum Gasteiger partial charge on any atom is 0.224 e. The molecule has 2 aromatic heterocycles. The van der Waals surface area contributed by atoms with Gasteiger partial charge < -0.3 is 10.6 Å². The summed E-state index contributed by atoms with van der Waals surface area (Å²) in [4.78, 5) is 20.0. The lowest BCUT2D eigenvalue weighted by Gasteiger charge is -2.09. The molecule has 0 bridgehead atoms. The van der Waals surface area contributed by atoms with E-state index in [-0.39, 0.29) is 5.91 Å². The molecule has 1 atom stereocenters. The predicted molar refractivity (Wildman–Crippen MR) is 73.4 cm³/mol. The smallest absolute Gasteiger partial charge is 0.224 e. The first kappa shape index (κ1) is 12.7. The van der Waals surface area contributed by atoms with Crippen molar-refractivity contribution in [3.05, 3.63) is 31.0 Å². The molecule has 0 radical (unpaired) electrons. The van der Waals surface area contributed by atoms with Crippen LogP contribution in [-0.2, 0) is 4.79 Å². The number of hydrogen-bond donors (Lipinski definition) is 2. The van der Waals surface area contributed by atoms with Crippen LogP contribution in [0.25, 0.3) is 5.82 Å². The van der Waals surface area contributed by atoms with E-state index in [1.165, 1.54) is 6.33 Å². The average Bonchev–Trinajstić information content (AvgIpc) is 3.12. The topological polar surface area (TPSA) is 84.7 Å². The molecule has 7 nitrogen and oxygen atoms in total. The third kappa shape index (κ3) is 3.00. The van der Waals surface area contributed by atoms with Crippen molar-refractivity contribution in [1.29, 1.82) is 0 Å². The van der Waals surface area contributed by atoms with Gasteiger partial charge in [-0.25, -0.2) is 14.6 Å². The standard InChI is InChI=1S/C13H16N6O/c20-13(5-10-3-4-14-6-10)18-11-1-2-12(16-7-11)19-9-15-8-17-19/h1-2,7-10,14H,3-6H2,(H,18,20). The molecule has 3 heterocycles. The van der Waals surface area contributed by atoms with Gasteiger partial charge in [0.2, 0.25) is 5.91 Å². The fraction of sp³-hybridized carbons (Fsp3) is 0.385. The van der Waals surface area contributed by atoms with Crippen LogP contribution < -0.4 is 10.6 Å². The van der Waals surface area contributed by atoms with E-state index >= 15 is 0 Å². The summed E-state index contributed by atoms with van der Waals surface area (Å²) < 4.78 is 1.57. The lowest BCUT2D eigenvalue weighted by atomic mass is 10.0. The van der Waals surface area contributed by atoms with Gasteiger partial charge >= 0.3 is 0 Å². The molecule has 1 fully saturated rings. The Morgan fingerprint density at radius 3 is 3.10 bits per heavy atom. The first-order chi connectivity index (χ1) is 9.81. The fourth-order valence-corrected chi connectivity index (χ4v) is 2.28. The minimum atomic E-state index is 0.0361. The van der Waals surface area contributed by atoms with Crippen molar-refractivity contribution in [1.82, 2.24) is 25.1 Å². The molecular weight excluding hydrogens is 256 g/mol. The van der Waals surface area contributed by atoms with Crippen molar-refractivity contribution in [2.45, 2.75) is 12.8 Å². The van der Waals surface area contributed by atoms with Gasteiger partial charge in [-0.05, 0) is 37.6 Å². The number of pyridine rings is 1. The lowest BCUT2D eigenvalue weighted by Crippen LogP contribution is -2.18. The molecule has 0 spiro atoms. The first-order valence-corrected chi connectivity index (χ1v) is 6.63. The molecule has 0 saturated carbocycles. The Kier molecular flexibility index (Phi) is 3.69. The highest BCUT2D eigenvalue weighted by Crippen LogP contribution is 2.14. The molecular formula is C13H16N6O. The van der Waals surface area contributed by atoms with Gasteiger partial charge in [-0.1, -0.05) is 0 Å². The van der Waals surface area contributed by atoms with E-state index in [4.69, 9.17) is 0 Å². The predicted octanol–water partition coefficient (Wildman–Crippen LogP) is 0.600. The van der Waals surface area contributed by atoms with Gasteiger partial charge in [-0.2, -0.15) is 5.10 Å². The maximum absolute atomic E-state index is 11.9. The van der Waals surface area contributed by atoms with Crippen molar-refractivity contribution in [3.63, 3.8) is 0 Å². The molecule has 1 unspecified atom stereocenters. The molecule has 0 aliphatic carbocycles. The van der Waals surface area contributed by atoms with Crippen molar-refractivity contribution >= 4 is 11.6 Å². The molecule has 3 rings (SSSR count). The highest BCUT2D eigenvalue weighted by molar-refractivity contribution is 5.90. The number of carbonyl (C=O) groups excluding carboxylic acids is 1. The van der Waals surface area contributed by atoms with E-state index in [0.717, 1.165) is 19.5 Å². The van der Waals surface area contributed by atoms with E-state index in [2.05, 4.69) is 25.7 Å². The van der Waals surface area contributed by atoms with Gasteiger partial charge in [0.15, 0.2) is 5.82 Å². The summed E-state index contributed by atoms with van der Waals surface area (Å²) in [7, 11) is 0. The molecule has 0 aromatic carbocycles. The van der Waals surface area contributed by atoms with E-state index in [1.54, 1.807) is 23.3 Å². The first-order valence-electron chi connectivity index (χ1n) is 6.63. The molecule has 104 valence electrons. The number of nitrogens with one attached hydrogen (secondary N) is 2. The van der Waals surface area contributed by atoms with Crippen molar-refractivity contribution in [2.75, 3.05) is 18.4 Å². The van der Waals surface area contributed by atoms with Crippen LogP contribution in [0.2, 0.25) is 0 Å². The van der Waals surface area contributed by atoms with Crippen LogP contribution in [0.5, 0.6) is 0 Å². The van der Waals surface area contributed by atoms with E-state index in [1.807, 2.05) is 6.07 Å². The second-order valence-electron chi connectivity index (χ2n) is 4.86. The van der Waals surface area contributed by atoms with Crippen LogP contribution in [0.3, 0.4) is 0 Å². The Hall–Kier alpha value is -2.28. The summed E-state index contributed by atoms with van der Waals surface area (Å²) in [5, 5.41) is 10.1. The van der Waals surface area contributed by atoms with Gasteiger partial charge in [0.25, 0.3) is 0 Å². The molecule has 2 aromatic rings. The number of hydrogen-bond acceptors (Lipinski definition) is 5. The maximum atomic E-state index is 11.9. The minimum Gasteiger partial charge on any atom is -0.325 e. The van der Waals surface area contributed by atoms with Crippen LogP contribution in [0, 0.1) is 5.92 Å². The molecule has 20 heavy (non-hydrogen) atoms. The third-order valence-electron chi connectivity index (χ3n) is 3.32. The zero-order chi connectivity index (χ0) is 13.8. The van der Waals surface area contributed by atoms with Crippen LogP contribution in [0.1, 0.15) is 12.8 Å². The number of rotatable bonds is 4. The van der Waals surface area contributed by atoms with Crippen LogP contribution >= 0.6 is 0 Å². The Bertz CT molecular complexity index is 559. The van der Waals surface area contributed by atoms with Gasteiger partial charge in [0, 0.05) is 6.42 Å².